The van der Waals surface area contributed by atoms with E-state index in [0.29, 0.717) is 0 Å². The molecule has 0 bridgehead atoms. The van der Waals surface area contributed by atoms with Gasteiger partial charge in [0.1, 0.15) is 0 Å². The maximum Gasteiger partial charge on any atom is 0.388 e. The first kappa shape index (κ1) is 10.1. The molecular weight excluding hydrogens is 252 g/mol. The summed E-state index contributed by atoms with van der Waals surface area (Å²) in [6.07, 6.45) is 0. The molecule has 1 aromatic rings. The lowest BCUT2D eigenvalue weighted by molar-refractivity contribution is -0.0545. The highest BCUT2D eigenvalue weighted by atomic mass is 79.9. The maximum absolute atomic E-state index is 11.6. The Morgan fingerprint density at radius 1 is 1.77 bits per heavy atom. The highest BCUT2D eigenvalue weighted by Crippen LogP contribution is 2.14. The Kier molecular flexibility index (Phi) is 3.35. The molecule has 72 valence electrons. The fourth-order valence-corrected chi connectivity index (χ4v) is 0.879. The summed E-state index contributed by atoms with van der Waals surface area (Å²) in [5.74, 6) is -0.913. The van der Waals surface area contributed by atoms with Crippen LogP contribution in [0.3, 0.4) is 0 Å². The van der Waals surface area contributed by atoms with Crippen molar-refractivity contribution in [1.29, 1.82) is 0 Å². The Morgan fingerprint density at radius 3 is 3.00 bits per heavy atom. The summed E-state index contributed by atoms with van der Waals surface area (Å²) in [5.41, 5.74) is 0. The first-order chi connectivity index (χ1) is 6.13. The lowest BCUT2D eigenvalue weighted by Crippen LogP contribution is -2.01. The molecule has 1 aromatic heterocycles. The van der Waals surface area contributed by atoms with Gasteiger partial charge >= 0.3 is 6.61 Å². The molecular formula is C6H4BrF2NO3. The number of Topliss-reactive ketones (excluding diaryl/α,β-unsaturated/α-hetero) is 1. The summed E-state index contributed by atoms with van der Waals surface area (Å²) in [4.78, 5) is 10.9. The Labute approximate surface area is 80.0 Å². The van der Waals surface area contributed by atoms with Crippen molar-refractivity contribution < 1.29 is 22.8 Å². The second-order valence-electron chi connectivity index (χ2n) is 1.96. The van der Waals surface area contributed by atoms with Gasteiger partial charge in [-0.2, -0.15) is 8.78 Å². The van der Waals surface area contributed by atoms with Crippen molar-refractivity contribution in [2.24, 2.45) is 0 Å². The van der Waals surface area contributed by atoms with Crippen LogP contribution in [0.15, 0.2) is 10.6 Å². The van der Waals surface area contributed by atoms with E-state index >= 15 is 0 Å². The number of nitrogens with zero attached hydrogens (tertiary/aromatic N) is 1. The number of ketones is 1. The second-order valence-corrected chi connectivity index (χ2v) is 2.53. The Balaban J connectivity index is 2.69. The molecule has 0 fully saturated rings. The first-order valence-electron chi connectivity index (χ1n) is 3.14. The molecule has 0 aliphatic rings. The van der Waals surface area contributed by atoms with Gasteiger partial charge in [-0.1, -0.05) is 15.9 Å². The highest BCUT2D eigenvalue weighted by molar-refractivity contribution is 9.09. The summed E-state index contributed by atoms with van der Waals surface area (Å²) in [6, 6.07) is 1.01. The quantitative estimate of drug-likeness (QED) is 0.609. The number of aromatic nitrogens is 1. The van der Waals surface area contributed by atoms with Crippen molar-refractivity contribution >= 4 is 21.7 Å². The molecule has 0 amide bonds. The molecule has 0 saturated heterocycles. The minimum absolute atomic E-state index is 0.0380. The van der Waals surface area contributed by atoms with E-state index in [2.05, 4.69) is 30.3 Å². The summed E-state index contributed by atoms with van der Waals surface area (Å²) < 4.78 is 31.5. The van der Waals surface area contributed by atoms with Gasteiger partial charge in [-0.05, 0) is 5.16 Å². The van der Waals surface area contributed by atoms with E-state index in [0.717, 1.165) is 6.07 Å². The van der Waals surface area contributed by atoms with Gasteiger partial charge in [0.05, 0.1) is 11.4 Å². The molecule has 0 saturated carbocycles. The number of halogens is 3. The number of carbonyl (C=O) groups excluding carboxylic acids is 1. The van der Waals surface area contributed by atoms with Crippen molar-refractivity contribution in [2.75, 3.05) is 5.33 Å². The molecule has 13 heavy (non-hydrogen) atoms. The SMILES string of the molecule is O=C(CBr)c1cc(OC(F)F)no1. The van der Waals surface area contributed by atoms with Crippen LogP contribution in [0.1, 0.15) is 10.6 Å². The number of alkyl halides is 3. The van der Waals surface area contributed by atoms with E-state index < -0.39 is 18.3 Å². The summed E-state index contributed by atoms with van der Waals surface area (Å²) in [6.45, 7) is -2.97. The average Bonchev–Trinajstić information content (AvgIpc) is 2.50. The van der Waals surface area contributed by atoms with Crippen LogP contribution in [0, 0.1) is 0 Å². The van der Waals surface area contributed by atoms with Crippen LogP contribution >= 0.6 is 15.9 Å². The monoisotopic (exact) mass is 255 g/mol. The van der Waals surface area contributed by atoms with Gasteiger partial charge in [-0.25, -0.2) is 0 Å². The lowest BCUT2D eigenvalue weighted by atomic mass is 10.3. The van der Waals surface area contributed by atoms with Crippen LogP contribution < -0.4 is 4.74 Å². The van der Waals surface area contributed by atoms with E-state index in [1.165, 1.54) is 0 Å². The number of ether oxygens (including phenoxy) is 1. The van der Waals surface area contributed by atoms with Gasteiger partial charge in [0.2, 0.25) is 11.5 Å². The molecule has 0 aromatic carbocycles. The molecule has 4 nitrogen and oxygen atoms in total. The van der Waals surface area contributed by atoms with Gasteiger partial charge in [-0.15, -0.1) is 0 Å². The largest absolute Gasteiger partial charge is 0.414 e. The molecule has 0 N–H and O–H groups in total. The third kappa shape index (κ3) is 2.76. The van der Waals surface area contributed by atoms with Crippen molar-refractivity contribution in [3.8, 4) is 5.88 Å². The fraction of sp³-hybridized carbons (Fsp3) is 0.333. The van der Waals surface area contributed by atoms with Crippen LogP contribution in [0.2, 0.25) is 0 Å². The minimum Gasteiger partial charge on any atom is -0.414 e. The smallest absolute Gasteiger partial charge is 0.388 e. The van der Waals surface area contributed by atoms with Crippen LogP contribution in [0.25, 0.3) is 0 Å². The molecule has 0 aliphatic heterocycles. The molecule has 0 atom stereocenters. The molecule has 1 rings (SSSR count). The van der Waals surface area contributed by atoms with Gasteiger partial charge in [0.25, 0.3) is 5.88 Å². The summed E-state index contributed by atoms with van der Waals surface area (Å²) in [5, 5.41) is 3.14. The van der Waals surface area contributed by atoms with Crippen molar-refractivity contribution in [2.45, 2.75) is 6.61 Å². The third-order valence-corrected chi connectivity index (χ3v) is 1.60. The van der Waals surface area contributed by atoms with Crippen LogP contribution in [0.4, 0.5) is 8.78 Å². The molecule has 7 heteroatoms. The Bertz CT molecular complexity index is 302. The maximum atomic E-state index is 11.6. The normalized spacial score (nSPS) is 10.5. The first-order valence-corrected chi connectivity index (χ1v) is 4.26. The van der Waals surface area contributed by atoms with Crippen molar-refractivity contribution in [1.82, 2.24) is 5.16 Å². The fourth-order valence-electron chi connectivity index (χ4n) is 0.603. The van der Waals surface area contributed by atoms with E-state index in [1.54, 1.807) is 0 Å². The standard InChI is InChI=1S/C6H4BrF2NO3/c7-2-3(11)4-1-5(10-13-4)12-6(8)9/h1,6H,2H2. The number of hydrogen-bond donors (Lipinski definition) is 0. The Hall–Kier alpha value is -0.980. The van der Waals surface area contributed by atoms with Crippen LogP contribution in [-0.4, -0.2) is 22.9 Å². The topological polar surface area (TPSA) is 52.3 Å². The molecule has 0 radical (unpaired) electrons. The van der Waals surface area contributed by atoms with E-state index in [-0.39, 0.29) is 11.1 Å². The predicted octanol–water partition coefficient (Wildman–Crippen LogP) is 1.85. The lowest BCUT2D eigenvalue weighted by Gasteiger charge is -1.95. The van der Waals surface area contributed by atoms with E-state index in [1.807, 2.05) is 0 Å². The molecule has 1 heterocycles. The number of hydrogen-bond acceptors (Lipinski definition) is 4. The highest BCUT2D eigenvalue weighted by Gasteiger charge is 2.14. The minimum atomic E-state index is -2.97. The summed E-state index contributed by atoms with van der Waals surface area (Å²) >= 11 is 2.89. The zero-order chi connectivity index (χ0) is 9.84. The van der Waals surface area contributed by atoms with E-state index in [4.69, 9.17) is 0 Å². The van der Waals surface area contributed by atoms with Gasteiger partial charge in [-0.3, -0.25) is 4.79 Å². The second kappa shape index (κ2) is 4.31. The zero-order valence-corrected chi connectivity index (χ0v) is 7.75. The zero-order valence-electron chi connectivity index (χ0n) is 6.17. The predicted molar refractivity (Wildman–Crippen MR) is 41.3 cm³/mol. The molecule has 0 aliphatic carbocycles. The van der Waals surface area contributed by atoms with Crippen molar-refractivity contribution in [3.63, 3.8) is 0 Å². The molecule has 0 unspecified atom stereocenters. The van der Waals surface area contributed by atoms with Crippen LogP contribution in [0.5, 0.6) is 5.88 Å². The summed E-state index contributed by atoms with van der Waals surface area (Å²) in [7, 11) is 0. The van der Waals surface area contributed by atoms with Gasteiger partial charge in [0, 0.05) is 0 Å². The third-order valence-electron chi connectivity index (χ3n) is 1.09. The number of carbonyl (C=O) groups is 1. The van der Waals surface area contributed by atoms with Gasteiger partial charge in [0.15, 0.2) is 0 Å². The van der Waals surface area contributed by atoms with Crippen molar-refractivity contribution in [3.05, 3.63) is 11.8 Å². The van der Waals surface area contributed by atoms with E-state index in [9.17, 15) is 13.6 Å². The average molecular weight is 256 g/mol. The number of rotatable bonds is 4. The molecule has 0 spiro atoms. The Morgan fingerprint density at radius 2 is 2.46 bits per heavy atom. The van der Waals surface area contributed by atoms with Gasteiger partial charge < -0.3 is 9.26 Å². The van der Waals surface area contributed by atoms with Crippen LogP contribution in [-0.2, 0) is 0 Å².